The number of likely N-dealkylation sites (tertiary alicyclic amines) is 1. The van der Waals surface area contributed by atoms with Crippen LogP contribution >= 0.6 is 0 Å². The number of fused-ring (bicyclic) bond motifs is 1. The van der Waals surface area contributed by atoms with Gasteiger partial charge in [-0.05, 0) is 73.7 Å². The number of carbonyl (C=O) groups excluding carboxylic acids is 1. The first-order valence-electron chi connectivity index (χ1n) is 12.9. The van der Waals surface area contributed by atoms with Crippen molar-refractivity contribution in [2.45, 2.75) is 50.8 Å². The number of pyridine rings is 2. The minimum Gasteiger partial charge on any atom is -0.382 e. The first kappa shape index (κ1) is 26.3. The smallest absolute Gasteiger partial charge is 0.382 e. The molecule has 3 aromatic rings. The molecule has 1 fully saturated rings. The normalized spacial score (nSPS) is 17.4. The molecule has 1 N–H and O–H groups in total. The third-order valence-electron chi connectivity index (χ3n) is 7.37. The van der Waals surface area contributed by atoms with Gasteiger partial charge in [0, 0.05) is 30.6 Å². The number of aliphatic hydroxyl groups excluding tert-OH is 1. The largest absolute Gasteiger partial charge is 0.415 e. The Morgan fingerprint density at radius 3 is 2.47 bits per heavy atom. The molecule has 0 bridgehead atoms. The summed E-state index contributed by atoms with van der Waals surface area (Å²) >= 11 is 0. The number of aliphatic hydroxyl groups is 1. The molecule has 1 aliphatic carbocycles. The van der Waals surface area contributed by atoms with Gasteiger partial charge in [-0.1, -0.05) is 42.5 Å². The van der Waals surface area contributed by atoms with E-state index >= 15 is 0 Å². The van der Waals surface area contributed by atoms with Crippen LogP contribution in [0, 0.1) is 6.92 Å². The Labute approximate surface area is 220 Å². The third kappa shape index (κ3) is 5.87. The van der Waals surface area contributed by atoms with Crippen molar-refractivity contribution in [3.05, 3.63) is 88.2 Å². The number of allylic oxidation sites excluding steroid dienone is 1. The summed E-state index contributed by atoms with van der Waals surface area (Å²) in [5, 5.41) is 9.36. The van der Waals surface area contributed by atoms with E-state index in [0.29, 0.717) is 31.5 Å². The quantitative estimate of drug-likeness (QED) is 0.448. The maximum atomic E-state index is 12.8. The van der Waals surface area contributed by atoms with E-state index in [1.807, 2.05) is 55.5 Å². The maximum absolute atomic E-state index is 12.8. The zero-order valence-electron chi connectivity index (χ0n) is 21.2. The van der Waals surface area contributed by atoms with Crippen LogP contribution in [0.15, 0.2) is 54.6 Å². The Morgan fingerprint density at radius 1 is 1.05 bits per heavy atom. The van der Waals surface area contributed by atoms with Crippen molar-refractivity contribution in [3.63, 3.8) is 0 Å². The molecule has 198 valence electrons. The van der Waals surface area contributed by atoms with Crippen molar-refractivity contribution < 1.29 is 23.1 Å². The fourth-order valence-electron chi connectivity index (χ4n) is 5.31. The number of hydrogen-bond donors (Lipinski definition) is 1. The van der Waals surface area contributed by atoms with Gasteiger partial charge >= 0.3 is 6.18 Å². The van der Waals surface area contributed by atoms with Crippen molar-refractivity contribution in [1.82, 2.24) is 14.9 Å². The molecule has 1 saturated heterocycles. The molecule has 1 unspecified atom stereocenters. The fourth-order valence-corrected chi connectivity index (χ4v) is 5.31. The topological polar surface area (TPSA) is 66.3 Å². The third-order valence-corrected chi connectivity index (χ3v) is 7.37. The van der Waals surface area contributed by atoms with Crippen molar-refractivity contribution in [2.24, 2.45) is 0 Å². The van der Waals surface area contributed by atoms with Crippen LogP contribution in [0.4, 0.5) is 13.2 Å². The van der Waals surface area contributed by atoms with Crippen LogP contribution < -0.4 is 0 Å². The van der Waals surface area contributed by atoms with Gasteiger partial charge in [0.2, 0.25) is 0 Å². The van der Waals surface area contributed by atoms with Gasteiger partial charge in [0.1, 0.15) is 0 Å². The summed E-state index contributed by atoms with van der Waals surface area (Å²) in [6, 6.07) is 16.0. The number of aryl methyl sites for hydroxylation is 1. The minimum atomic E-state index is -4.59. The summed E-state index contributed by atoms with van der Waals surface area (Å²) < 4.78 is 38.0. The van der Waals surface area contributed by atoms with Crippen molar-refractivity contribution in [3.8, 4) is 11.4 Å². The van der Waals surface area contributed by atoms with E-state index in [1.54, 1.807) is 4.90 Å². The Kier molecular flexibility index (Phi) is 7.45. The van der Waals surface area contributed by atoms with Gasteiger partial charge in [0.05, 0.1) is 17.1 Å². The summed E-state index contributed by atoms with van der Waals surface area (Å²) in [7, 11) is 0. The zero-order valence-corrected chi connectivity index (χ0v) is 21.2. The van der Waals surface area contributed by atoms with E-state index in [0.717, 1.165) is 52.3 Å². The molecule has 0 spiro atoms. The Morgan fingerprint density at radius 2 is 1.79 bits per heavy atom. The van der Waals surface area contributed by atoms with Gasteiger partial charge < -0.3 is 10.0 Å². The van der Waals surface area contributed by atoms with Crippen LogP contribution in [0.1, 0.15) is 63.6 Å². The number of carbonyl (C=O) groups is 1. The highest BCUT2D eigenvalue weighted by Crippen LogP contribution is 2.31. The number of benzene rings is 1. The summed E-state index contributed by atoms with van der Waals surface area (Å²) in [6.07, 6.45) is -0.679. The molecule has 38 heavy (non-hydrogen) atoms. The molecule has 3 heterocycles. The molecule has 0 radical (unpaired) electrons. The van der Waals surface area contributed by atoms with Gasteiger partial charge in [-0.15, -0.1) is 0 Å². The number of nitrogens with zero attached hydrogens (tertiary/aromatic N) is 3. The molecule has 1 aromatic carbocycles. The number of halogens is 3. The summed E-state index contributed by atoms with van der Waals surface area (Å²) in [5.41, 5.74) is 6.85. The molecular weight excluding hydrogens is 491 g/mol. The van der Waals surface area contributed by atoms with Crippen molar-refractivity contribution in [1.29, 1.82) is 0 Å². The number of ketones is 1. The van der Waals surface area contributed by atoms with Crippen LogP contribution in [0.25, 0.3) is 17.5 Å². The first-order valence-corrected chi connectivity index (χ1v) is 12.9. The van der Waals surface area contributed by atoms with E-state index < -0.39 is 12.3 Å². The van der Waals surface area contributed by atoms with E-state index in [9.17, 15) is 23.1 Å². The molecular formula is C30H30F3N3O2. The number of aromatic nitrogens is 2. The van der Waals surface area contributed by atoms with Crippen LogP contribution in [-0.4, -0.2) is 57.7 Å². The van der Waals surface area contributed by atoms with E-state index in [2.05, 4.69) is 17.1 Å². The van der Waals surface area contributed by atoms with Crippen LogP contribution in [-0.2, 0) is 6.42 Å². The number of piperidine rings is 1. The number of β-amino-alcohol motifs (C(OH)–C–C–N with tert-alkyl or cyclic N) is 1. The lowest BCUT2D eigenvalue weighted by molar-refractivity contribution is -0.208. The molecule has 5 nitrogen and oxygen atoms in total. The predicted molar refractivity (Wildman–Crippen MR) is 140 cm³/mol. The number of Topliss-reactive ketones (excluding diaryl/α,β-unsaturated/α-hetero) is 1. The summed E-state index contributed by atoms with van der Waals surface area (Å²) in [4.78, 5) is 24.0. The van der Waals surface area contributed by atoms with Gasteiger partial charge in [-0.2, -0.15) is 13.2 Å². The summed E-state index contributed by atoms with van der Waals surface area (Å²) in [6.45, 7) is 2.59. The second kappa shape index (κ2) is 10.8. The van der Waals surface area contributed by atoms with Crippen LogP contribution in [0.5, 0.6) is 0 Å². The van der Waals surface area contributed by atoms with Gasteiger partial charge in [0.15, 0.2) is 11.9 Å². The van der Waals surface area contributed by atoms with Crippen molar-refractivity contribution >= 4 is 11.9 Å². The zero-order chi connectivity index (χ0) is 26.9. The lowest BCUT2D eigenvalue weighted by Crippen LogP contribution is -2.43. The Hall–Kier alpha value is -3.36. The SMILES string of the molecule is Cc1cccc(-c2cc3c(c(Cc4ccc(C5CCN(CC(O)C(F)(F)F)CC5)cc4)n2)C(=O)CC=C3)n1. The van der Waals surface area contributed by atoms with E-state index in [1.165, 1.54) is 0 Å². The van der Waals surface area contributed by atoms with Crippen molar-refractivity contribution in [2.75, 3.05) is 19.6 Å². The summed E-state index contributed by atoms with van der Waals surface area (Å²) in [5.74, 6) is 0.324. The number of hydrogen-bond acceptors (Lipinski definition) is 5. The molecule has 2 aromatic heterocycles. The Bertz CT molecular complexity index is 1340. The standard InChI is InChI=1S/C30H30F3N3O2/c1-19-4-2-6-24(34-19)25-17-23-5-3-7-27(37)29(23)26(35-25)16-20-8-10-21(11-9-20)22-12-14-36(15-13-22)18-28(38)30(31,32)33/h2-6,8-11,17,22,28,38H,7,12-16,18H2,1H3. The second-order valence-corrected chi connectivity index (χ2v) is 10.2. The fraction of sp³-hybridized carbons (Fsp3) is 0.367. The van der Waals surface area contributed by atoms with Crippen LogP contribution in [0.2, 0.25) is 0 Å². The van der Waals surface area contributed by atoms with Gasteiger partial charge in [-0.3, -0.25) is 14.8 Å². The lowest BCUT2D eigenvalue weighted by atomic mass is 9.88. The molecule has 5 rings (SSSR count). The molecule has 1 atom stereocenters. The molecule has 8 heteroatoms. The molecule has 0 saturated carbocycles. The Balaban J connectivity index is 1.31. The number of rotatable bonds is 6. The monoisotopic (exact) mass is 521 g/mol. The maximum Gasteiger partial charge on any atom is 0.415 e. The van der Waals surface area contributed by atoms with E-state index in [4.69, 9.17) is 4.98 Å². The first-order chi connectivity index (χ1) is 18.2. The highest BCUT2D eigenvalue weighted by Gasteiger charge is 2.39. The van der Waals surface area contributed by atoms with Gasteiger partial charge in [0.25, 0.3) is 0 Å². The number of alkyl halides is 3. The highest BCUT2D eigenvalue weighted by atomic mass is 19.4. The molecule has 0 amide bonds. The van der Waals surface area contributed by atoms with Gasteiger partial charge in [-0.25, -0.2) is 0 Å². The lowest BCUT2D eigenvalue weighted by Gasteiger charge is -2.33. The average molecular weight is 522 g/mol. The second-order valence-electron chi connectivity index (χ2n) is 10.2. The minimum absolute atomic E-state index is 0.0628. The molecule has 2 aliphatic rings. The highest BCUT2D eigenvalue weighted by molar-refractivity contribution is 6.04. The average Bonchev–Trinajstić information content (AvgIpc) is 2.89. The van der Waals surface area contributed by atoms with Crippen LogP contribution in [0.3, 0.4) is 0 Å². The predicted octanol–water partition coefficient (Wildman–Crippen LogP) is 5.75. The van der Waals surface area contributed by atoms with E-state index in [-0.39, 0.29) is 18.2 Å². The molecule has 1 aliphatic heterocycles.